The van der Waals surface area contributed by atoms with Crippen molar-refractivity contribution in [3.05, 3.63) is 47.2 Å². The van der Waals surface area contributed by atoms with Crippen molar-refractivity contribution in [2.75, 3.05) is 32.6 Å². The maximum atomic E-state index is 12.6. The number of urea groups is 1. The second kappa shape index (κ2) is 9.13. The van der Waals surface area contributed by atoms with E-state index in [1.807, 2.05) is 25.1 Å². The number of nitrogens with one attached hydrogen (secondary N) is 1. The number of benzene rings is 1. The van der Waals surface area contributed by atoms with E-state index >= 15 is 0 Å². The fraction of sp³-hybridized carbons (Fsp3) is 0.333. The van der Waals surface area contributed by atoms with Gasteiger partial charge in [0.1, 0.15) is 11.5 Å². The average Bonchev–Trinajstić information content (AvgIpc) is 2.63. The molecule has 2 rings (SSSR count). The molecular formula is C18H22ClN3O3. The van der Waals surface area contributed by atoms with Crippen LogP contribution in [-0.2, 0) is 6.42 Å². The number of rotatable bonds is 7. The molecule has 0 saturated heterocycles. The summed E-state index contributed by atoms with van der Waals surface area (Å²) in [5.74, 6) is 0.967. The largest absolute Gasteiger partial charge is 0.495 e. The fourth-order valence-electron chi connectivity index (χ4n) is 2.35. The first-order valence-electron chi connectivity index (χ1n) is 7.96. The molecule has 1 heterocycles. The molecule has 25 heavy (non-hydrogen) atoms. The van der Waals surface area contributed by atoms with Gasteiger partial charge in [0, 0.05) is 37.5 Å². The lowest BCUT2D eigenvalue weighted by molar-refractivity contribution is 0.215. The summed E-state index contributed by atoms with van der Waals surface area (Å²) < 4.78 is 10.5. The molecule has 0 aliphatic heterocycles. The van der Waals surface area contributed by atoms with Crippen LogP contribution in [0.4, 0.5) is 10.5 Å². The second-order valence-corrected chi connectivity index (χ2v) is 5.68. The Morgan fingerprint density at radius 2 is 2.00 bits per heavy atom. The van der Waals surface area contributed by atoms with Crippen LogP contribution in [0.3, 0.4) is 0 Å². The first kappa shape index (κ1) is 18.9. The van der Waals surface area contributed by atoms with Crippen LogP contribution in [0, 0.1) is 0 Å². The molecule has 0 radical (unpaired) electrons. The monoisotopic (exact) mass is 363 g/mol. The van der Waals surface area contributed by atoms with E-state index in [0.29, 0.717) is 41.7 Å². The number of pyridine rings is 1. The molecular weight excluding hydrogens is 342 g/mol. The van der Waals surface area contributed by atoms with Crippen molar-refractivity contribution in [2.24, 2.45) is 0 Å². The van der Waals surface area contributed by atoms with Gasteiger partial charge in [-0.05, 0) is 25.1 Å². The number of hydrogen-bond donors (Lipinski definition) is 1. The van der Waals surface area contributed by atoms with Crippen molar-refractivity contribution < 1.29 is 14.3 Å². The Labute approximate surface area is 152 Å². The molecule has 0 bridgehead atoms. The summed E-state index contributed by atoms with van der Waals surface area (Å²) in [6.45, 7) is 3.06. The average molecular weight is 364 g/mol. The van der Waals surface area contributed by atoms with Crippen LogP contribution >= 0.6 is 11.6 Å². The van der Waals surface area contributed by atoms with Crippen LogP contribution in [0.15, 0.2) is 36.5 Å². The van der Waals surface area contributed by atoms with Gasteiger partial charge in [0.25, 0.3) is 0 Å². The number of ether oxygens (including phenoxy) is 2. The maximum Gasteiger partial charge on any atom is 0.321 e. The van der Waals surface area contributed by atoms with Crippen LogP contribution in [0.1, 0.15) is 12.6 Å². The van der Waals surface area contributed by atoms with Gasteiger partial charge in [-0.15, -0.1) is 0 Å². The zero-order valence-electron chi connectivity index (χ0n) is 14.6. The van der Waals surface area contributed by atoms with Crippen molar-refractivity contribution in [1.29, 1.82) is 0 Å². The summed E-state index contributed by atoms with van der Waals surface area (Å²) in [5.41, 5.74) is 1.44. The third kappa shape index (κ3) is 5.00. The van der Waals surface area contributed by atoms with E-state index in [1.54, 1.807) is 23.2 Å². The topological polar surface area (TPSA) is 63.7 Å². The van der Waals surface area contributed by atoms with Crippen LogP contribution in [0.25, 0.3) is 0 Å². The van der Waals surface area contributed by atoms with E-state index in [-0.39, 0.29) is 6.03 Å². The summed E-state index contributed by atoms with van der Waals surface area (Å²) in [6, 6.07) is 8.78. The van der Waals surface area contributed by atoms with Crippen LogP contribution in [0.5, 0.6) is 11.5 Å². The van der Waals surface area contributed by atoms with E-state index in [4.69, 9.17) is 21.1 Å². The van der Waals surface area contributed by atoms with Gasteiger partial charge in [-0.25, -0.2) is 4.79 Å². The predicted molar refractivity (Wildman–Crippen MR) is 98.8 cm³/mol. The SMILES string of the molecule is CCN(CCc1ccccn1)C(=O)Nc1cc(Cl)c(OC)cc1OC. The van der Waals surface area contributed by atoms with Gasteiger partial charge in [-0.3, -0.25) is 4.98 Å². The zero-order valence-corrected chi connectivity index (χ0v) is 15.3. The molecule has 134 valence electrons. The normalized spacial score (nSPS) is 10.2. The number of aromatic nitrogens is 1. The number of amides is 2. The van der Waals surface area contributed by atoms with E-state index in [1.165, 1.54) is 14.2 Å². The summed E-state index contributed by atoms with van der Waals surface area (Å²) >= 11 is 6.14. The molecule has 0 unspecified atom stereocenters. The molecule has 2 amide bonds. The minimum Gasteiger partial charge on any atom is -0.495 e. The molecule has 1 aromatic heterocycles. The molecule has 1 N–H and O–H groups in total. The first-order chi connectivity index (χ1) is 12.1. The minimum absolute atomic E-state index is 0.224. The number of carbonyl (C=O) groups excluding carboxylic acids is 1. The summed E-state index contributed by atoms with van der Waals surface area (Å²) in [6.07, 6.45) is 2.43. The molecule has 0 fully saturated rings. The minimum atomic E-state index is -0.224. The lowest BCUT2D eigenvalue weighted by Crippen LogP contribution is -2.36. The van der Waals surface area contributed by atoms with Crippen molar-refractivity contribution in [3.63, 3.8) is 0 Å². The maximum absolute atomic E-state index is 12.6. The number of nitrogens with zero attached hydrogens (tertiary/aromatic N) is 2. The van der Waals surface area contributed by atoms with Crippen molar-refractivity contribution >= 4 is 23.3 Å². The van der Waals surface area contributed by atoms with Gasteiger partial charge in [-0.1, -0.05) is 17.7 Å². The smallest absolute Gasteiger partial charge is 0.321 e. The Bertz CT molecular complexity index is 710. The summed E-state index contributed by atoms with van der Waals surface area (Å²) in [7, 11) is 3.05. The van der Waals surface area contributed by atoms with Crippen LogP contribution < -0.4 is 14.8 Å². The summed E-state index contributed by atoms with van der Waals surface area (Å²) in [4.78, 5) is 18.5. The van der Waals surface area contributed by atoms with E-state index in [9.17, 15) is 4.79 Å². The van der Waals surface area contributed by atoms with Gasteiger partial charge >= 0.3 is 6.03 Å². The van der Waals surface area contributed by atoms with E-state index < -0.39 is 0 Å². The van der Waals surface area contributed by atoms with Crippen molar-refractivity contribution in [2.45, 2.75) is 13.3 Å². The van der Waals surface area contributed by atoms with E-state index in [2.05, 4.69) is 10.3 Å². The first-order valence-corrected chi connectivity index (χ1v) is 8.34. The third-order valence-corrected chi connectivity index (χ3v) is 4.04. The number of anilines is 1. The number of halogens is 1. The number of carbonyl (C=O) groups is 1. The predicted octanol–water partition coefficient (Wildman–Crippen LogP) is 3.85. The van der Waals surface area contributed by atoms with Crippen molar-refractivity contribution in [3.8, 4) is 11.5 Å². The molecule has 0 aliphatic carbocycles. The lowest BCUT2D eigenvalue weighted by atomic mass is 10.2. The highest BCUT2D eigenvalue weighted by Gasteiger charge is 2.16. The Hall–Kier alpha value is -2.47. The Morgan fingerprint density at radius 3 is 2.60 bits per heavy atom. The van der Waals surface area contributed by atoms with Crippen LogP contribution in [0.2, 0.25) is 5.02 Å². The Balaban J connectivity index is 2.07. The standard InChI is InChI=1S/C18H22ClN3O3/c1-4-22(10-8-13-7-5-6-9-20-13)18(23)21-15-11-14(19)16(24-2)12-17(15)25-3/h5-7,9,11-12H,4,8,10H2,1-3H3,(H,21,23). The highest BCUT2D eigenvalue weighted by Crippen LogP contribution is 2.35. The number of methoxy groups -OCH3 is 2. The quantitative estimate of drug-likeness (QED) is 0.811. The highest BCUT2D eigenvalue weighted by molar-refractivity contribution is 6.32. The third-order valence-electron chi connectivity index (χ3n) is 3.75. The number of hydrogen-bond acceptors (Lipinski definition) is 4. The molecule has 0 atom stereocenters. The highest BCUT2D eigenvalue weighted by atomic mass is 35.5. The van der Waals surface area contributed by atoms with Gasteiger partial charge in [-0.2, -0.15) is 0 Å². The molecule has 0 saturated carbocycles. The van der Waals surface area contributed by atoms with Crippen molar-refractivity contribution in [1.82, 2.24) is 9.88 Å². The lowest BCUT2D eigenvalue weighted by Gasteiger charge is -2.22. The van der Waals surface area contributed by atoms with Gasteiger partial charge < -0.3 is 19.7 Å². The van der Waals surface area contributed by atoms with Gasteiger partial charge in [0.2, 0.25) is 0 Å². The number of likely N-dealkylation sites (N-methyl/N-ethyl adjacent to an activating group) is 1. The fourth-order valence-corrected chi connectivity index (χ4v) is 2.59. The molecule has 1 aromatic carbocycles. The summed E-state index contributed by atoms with van der Waals surface area (Å²) in [5, 5.41) is 3.24. The second-order valence-electron chi connectivity index (χ2n) is 5.27. The Morgan fingerprint density at radius 1 is 1.24 bits per heavy atom. The van der Waals surface area contributed by atoms with E-state index in [0.717, 1.165) is 5.69 Å². The van der Waals surface area contributed by atoms with Crippen LogP contribution in [-0.4, -0.2) is 43.2 Å². The molecule has 0 spiro atoms. The Kier molecular flexibility index (Phi) is 6.89. The van der Waals surface area contributed by atoms with Gasteiger partial charge in [0.05, 0.1) is 24.9 Å². The van der Waals surface area contributed by atoms with Gasteiger partial charge in [0.15, 0.2) is 0 Å². The molecule has 0 aliphatic rings. The molecule has 7 heteroatoms. The molecule has 2 aromatic rings. The molecule has 6 nitrogen and oxygen atoms in total. The zero-order chi connectivity index (χ0) is 18.2.